The van der Waals surface area contributed by atoms with Crippen LogP contribution in [0, 0.1) is 0 Å². The molecule has 0 rings (SSSR count). The van der Waals surface area contributed by atoms with Crippen LogP contribution in [0.15, 0.2) is 5.16 Å². The smallest absolute Gasteiger partial charge is 0.319 e. The van der Waals surface area contributed by atoms with Gasteiger partial charge in [0.1, 0.15) is 0 Å². The maximum absolute atomic E-state index is 9.87. The molecule has 0 aliphatic rings. The summed E-state index contributed by atoms with van der Waals surface area (Å²) in [5.41, 5.74) is 0. The van der Waals surface area contributed by atoms with Crippen LogP contribution in [0.3, 0.4) is 0 Å². The molecule has 0 aliphatic heterocycles. The summed E-state index contributed by atoms with van der Waals surface area (Å²) < 4.78 is 0. The molecule has 0 atom stereocenters. The average molecular weight is 101 g/mol. The first-order valence-corrected chi connectivity index (χ1v) is 1.93. The summed E-state index contributed by atoms with van der Waals surface area (Å²) in [5.74, 6) is -0.391. The molecule has 0 saturated carbocycles. The zero-order valence-electron chi connectivity index (χ0n) is 4.34. The van der Waals surface area contributed by atoms with Gasteiger partial charge in [0.25, 0.3) is 0 Å². The van der Waals surface area contributed by atoms with E-state index in [-0.39, 0.29) is 0 Å². The molecule has 0 bridgehead atoms. The molecule has 0 radical (unpaired) electrons. The van der Waals surface area contributed by atoms with Gasteiger partial charge >= 0.3 is 5.97 Å². The molecule has 0 heterocycles. The molecule has 0 spiro atoms. The molecule has 0 unspecified atom stereocenters. The summed E-state index contributed by atoms with van der Waals surface area (Å²) in [6, 6.07) is 0. The van der Waals surface area contributed by atoms with Crippen LogP contribution in [-0.4, -0.2) is 12.2 Å². The Hall–Kier alpha value is -0.860. The lowest BCUT2D eigenvalue weighted by molar-refractivity contribution is -0.140. The number of carbonyl (C=O) groups is 1. The lowest BCUT2D eigenvalue weighted by Crippen LogP contribution is -1.89. The molecule has 0 amide bonds. The van der Waals surface area contributed by atoms with Crippen LogP contribution in [0.25, 0.3) is 0 Å². The molecular weight excluding hydrogens is 94.0 g/mol. The average Bonchev–Trinajstić information content (AvgIpc) is 1.61. The Morgan fingerprint density at radius 2 is 2.43 bits per heavy atom. The normalized spacial score (nSPS) is 9.43. The van der Waals surface area contributed by atoms with E-state index in [0.29, 0.717) is 0 Å². The SMILES string of the molecule is C/C=N\OC(C)=O. The molecule has 0 aromatic carbocycles. The molecule has 0 saturated heterocycles. The Bertz CT molecular complexity index is 87.7. The fraction of sp³-hybridized carbons (Fsp3) is 0.500. The molecule has 0 aliphatic carbocycles. The zero-order chi connectivity index (χ0) is 5.70. The Morgan fingerprint density at radius 1 is 1.86 bits per heavy atom. The van der Waals surface area contributed by atoms with Gasteiger partial charge in [-0.05, 0) is 6.92 Å². The van der Waals surface area contributed by atoms with Gasteiger partial charge < -0.3 is 4.84 Å². The molecule has 3 nitrogen and oxygen atoms in total. The summed E-state index contributed by atoms with van der Waals surface area (Å²) in [4.78, 5) is 14.0. The first-order chi connectivity index (χ1) is 3.27. The standard InChI is InChI=1S/C4H7NO2/c1-3-5-7-4(2)6/h3H,1-2H3/b5-3-. The Balaban J connectivity index is 3.14. The van der Waals surface area contributed by atoms with Crippen molar-refractivity contribution in [1.82, 2.24) is 0 Å². The van der Waals surface area contributed by atoms with E-state index in [1.807, 2.05) is 0 Å². The Kier molecular flexibility index (Phi) is 2.92. The quantitative estimate of drug-likeness (QED) is 0.275. The minimum absolute atomic E-state index is 0.391. The maximum atomic E-state index is 9.87. The topological polar surface area (TPSA) is 38.7 Å². The van der Waals surface area contributed by atoms with Crippen LogP contribution in [0.1, 0.15) is 13.8 Å². The second kappa shape index (κ2) is 3.33. The number of rotatable bonds is 1. The number of oxime groups is 1. The number of hydrogen-bond donors (Lipinski definition) is 0. The van der Waals surface area contributed by atoms with E-state index < -0.39 is 5.97 Å². The van der Waals surface area contributed by atoms with E-state index in [2.05, 4.69) is 9.99 Å². The fourth-order valence-electron chi connectivity index (χ4n) is 0.127. The Morgan fingerprint density at radius 3 is 2.57 bits per heavy atom. The second-order valence-electron chi connectivity index (χ2n) is 0.946. The van der Waals surface area contributed by atoms with E-state index >= 15 is 0 Å². The van der Waals surface area contributed by atoms with Gasteiger partial charge in [-0.15, -0.1) is 0 Å². The van der Waals surface area contributed by atoms with Gasteiger partial charge in [-0.2, -0.15) is 0 Å². The minimum Gasteiger partial charge on any atom is -0.319 e. The number of carbonyl (C=O) groups excluding carboxylic acids is 1. The number of hydrogen-bond acceptors (Lipinski definition) is 3. The van der Waals surface area contributed by atoms with Crippen LogP contribution in [0.2, 0.25) is 0 Å². The highest BCUT2D eigenvalue weighted by Crippen LogP contribution is 1.72. The summed E-state index contributed by atoms with van der Waals surface area (Å²) in [7, 11) is 0. The molecular formula is C4H7NO2. The summed E-state index contributed by atoms with van der Waals surface area (Å²) in [5, 5.41) is 3.20. The highest BCUT2D eigenvalue weighted by molar-refractivity contribution is 5.66. The molecule has 0 N–H and O–H groups in total. The lowest BCUT2D eigenvalue weighted by atomic mass is 10.8. The van der Waals surface area contributed by atoms with Crippen molar-refractivity contribution in [2.24, 2.45) is 5.16 Å². The van der Waals surface area contributed by atoms with Crippen molar-refractivity contribution in [3.8, 4) is 0 Å². The van der Waals surface area contributed by atoms with Gasteiger partial charge in [0.15, 0.2) is 0 Å². The molecule has 3 heteroatoms. The minimum atomic E-state index is -0.391. The van der Waals surface area contributed by atoms with Crippen LogP contribution < -0.4 is 0 Å². The van der Waals surface area contributed by atoms with Crippen molar-refractivity contribution >= 4 is 12.2 Å². The first-order valence-electron chi connectivity index (χ1n) is 1.93. The van der Waals surface area contributed by atoms with Crippen LogP contribution in [-0.2, 0) is 9.63 Å². The highest BCUT2D eigenvalue weighted by Gasteiger charge is 1.82. The third-order valence-corrected chi connectivity index (χ3v) is 0.287. The van der Waals surface area contributed by atoms with Crippen molar-refractivity contribution < 1.29 is 9.63 Å². The maximum Gasteiger partial charge on any atom is 0.331 e. The van der Waals surface area contributed by atoms with Gasteiger partial charge in [-0.25, -0.2) is 4.79 Å². The van der Waals surface area contributed by atoms with Crippen molar-refractivity contribution in [3.63, 3.8) is 0 Å². The summed E-state index contributed by atoms with van der Waals surface area (Å²) >= 11 is 0. The number of nitrogens with zero attached hydrogens (tertiary/aromatic N) is 1. The van der Waals surface area contributed by atoms with Gasteiger partial charge in [0, 0.05) is 13.1 Å². The van der Waals surface area contributed by atoms with Gasteiger partial charge in [0.05, 0.1) is 0 Å². The van der Waals surface area contributed by atoms with Crippen molar-refractivity contribution in [3.05, 3.63) is 0 Å². The molecule has 0 fully saturated rings. The van der Waals surface area contributed by atoms with Gasteiger partial charge in [0.2, 0.25) is 0 Å². The van der Waals surface area contributed by atoms with Crippen molar-refractivity contribution in [1.29, 1.82) is 0 Å². The van der Waals surface area contributed by atoms with Crippen LogP contribution >= 0.6 is 0 Å². The molecule has 40 valence electrons. The molecule has 7 heavy (non-hydrogen) atoms. The zero-order valence-corrected chi connectivity index (χ0v) is 4.34. The predicted molar refractivity (Wildman–Crippen MR) is 25.9 cm³/mol. The van der Waals surface area contributed by atoms with Gasteiger partial charge in [-0.1, -0.05) is 5.16 Å². The van der Waals surface area contributed by atoms with Gasteiger partial charge in [-0.3, -0.25) is 0 Å². The third-order valence-electron chi connectivity index (χ3n) is 0.287. The first kappa shape index (κ1) is 6.14. The van der Waals surface area contributed by atoms with Crippen molar-refractivity contribution in [2.45, 2.75) is 13.8 Å². The van der Waals surface area contributed by atoms with E-state index in [1.165, 1.54) is 13.1 Å². The van der Waals surface area contributed by atoms with E-state index in [0.717, 1.165) is 0 Å². The van der Waals surface area contributed by atoms with E-state index in [4.69, 9.17) is 0 Å². The van der Waals surface area contributed by atoms with E-state index in [1.54, 1.807) is 6.92 Å². The van der Waals surface area contributed by atoms with Crippen LogP contribution in [0.5, 0.6) is 0 Å². The summed E-state index contributed by atoms with van der Waals surface area (Å²) in [6.45, 7) is 2.97. The monoisotopic (exact) mass is 101 g/mol. The van der Waals surface area contributed by atoms with Crippen LogP contribution in [0.4, 0.5) is 0 Å². The highest BCUT2D eigenvalue weighted by atomic mass is 16.7. The van der Waals surface area contributed by atoms with E-state index in [9.17, 15) is 4.79 Å². The second-order valence-corrected chi connectivity index (χ2v) is 0.946. The van der Waals surface area contributed by atoms with Crippen molar-refractivity contribution in [2.75, 3.05) is 0 Å². The Labute approximate surface area is 42.0 Å². The third kappa shape index (κ3) is 5.14. The molecule has 0 aromatic heterocycles. The predicted octanol–water partition coefficient (Wildman–Crippen LogP) is 0.555. The lowest BCUT2D eigenvalue weighted by Gasteiger charge is -1.82. The largest absolute Gasteiger partial charge is 0.331 e. The summed E-state index contributed by atoms with van der Waals surface area (Å²) in [6.07, 6.45) is 1.40. The fourth-order valence-corrected chi connectivity index (χ4v) is 0.127. The molecule has 0 aromatic rings.